The average Bonchev–Trinajstić information content (AvgIpc) is 2.87. The number of aliphatic imine (C=N–C) groups is 1. The van der Waals surface area contributed by atoms with Crippen LogP contribution in [0.1, 0.15) is 35.2 Å². The molecule has 8 heteroatoms. The molecule has 35 heavy (non-hydrogen) atoms. The van der Waals surface area contributed by atoms with Gasteiger partial charge in [-0.05, 0) is 42.6 Å². The average molecular weight is 473 g/mol. The molecule has 0 radical (unpaired) electrons. The molecule has 0 saturated carbocycles. The molecule has 4 aliphatic heterocycles. The van der Waals surface area contributed by atoms with E-state index in [0.29, 0.717) is 29.2 Å². The van der Waals surface area contributed by atoms with Crippen LogP contribution in [0.4, 0.5) is 20.3 Å². The number of amidine groups is 1. The van der Waals surface area contributed by atoms with E-state index in [9.17, 15) is 0 Å². The summed E-state index contributed by atoms with van der Waals surface area (Å²) in [7, 11) is 2.09. The van der Waals surface area contributed by atoms with Crippen LogP contribution in [0.5, 0.6) is 0 Å². The van der Waals surface area contributed by atoms with Gasteiger partial charge in [0.15, 0.2) is 0 Å². The molecule has 4 bridgehead atoms. The van der Waals surface area contributed by atoms with Gasteiger partial charge in [0, 0.05) is 50.3 Å². The second kappa shape index (κ2) is 8.53. The van der Waals surface area contributed by atoms with E-state index in [1.165, 1.54) is 12.1 Å². The van der Waals surface area contributed by atoms with Crippen molar-refractivity contribution in [3.63, 3.8) is 0 Å². The van der Waals surface area contributed by atoms with Crippen molar-refractivity contribution in [3.8, 4) is 11.3 Å². The predicted molar refractivity (Wildman–Crippen MR) is 133 cm³/mol. The Labute approximate surface area is 203 Å². The highest BCUT2D eigenvalue weighted by atomic mass is 19.1. The summed E-state index contributed by atoms with van der Waals surface area (Å²) < 4.78 is 30.9. The number of pyridine rings is 2. The van der Waals surface area contributed by atoms with Gasteiger partial charge in [0.2, 0.25) is 0 Å². The lowest BCUT2D eigenvalue weighted by atomic mass is 9.94. The maximum absolute atomic E-state index is 15.7. The lowest BCUT2D eigenvalue weighted by molar-refractivity contribution is 0.216. The van der Waals surface area contributed by atoms with Crippen molar-refractivity contribution >= 4 is 17.3 Å². The first-order chi connectivity index (χ1) is 17.0. The summed E-state index contributed by atoms with van der Waals surface area (Å²) in [6.07, 6.45) is 5.96. The normalized spacial score (nSPS) is 21.7. The fourth-order valence-corrected chi connectivity index (χ4v) is 5.04. The Kier molecular flexibility index (Phi) is 5.33. The van der Waals surface area contributed by atoms with Gasteiger partial charge in [-0.1, -0.05) is 25.1 Å². The van der Waals surface area contributed by atoms with E-state index >= 15 is 8.78 Å². The third-order valence-electron chi connectivity index (χ3n) is 7.03. The minimum absolute atomic E-state index is 0.000465. The third-order valence-corrected chi connectivity index (χ3v) is 7.03. The van der Waals surface area contributed by atoms with Gasteiger partial charge in [-0.15, -0.1) is 0 Å². The summed E-state index contributed by atoms with van der Waals surface area (Å²) in [5.74, 6) is 0.0127. The Balaban J connectivity index is 1.71. The number of nitrogens with zero attached hydrogens (tertiary/aromatic N) is 5. The lowest BCUT2D eigenvalue weighted by Crippen LogP contribution is -2.47. The zero-order valence-corrected chi connectivity index (χ0v) is 19.7. The van der Waals surface area contributed by atoms with Gasteiger partial charge in [0.25, 0.3) is 0 Å². The molecule has 1 saturated heterocycles. The summed E-state index contributed by atoms with van der Waals surface area (Å²) in [5.41, 5.74) is 3.90. The highest BCUT2D eigenvalue weighted by Gasteiger charge is 2.29. The standard InChI is InChI=1S/C27H26F2N6/c1-16-6-8-31-26-19-15-21(29)25(32-26)22-17(4-3-5-20(22)28)14-18-7-9-30-23(16)24(18)33-27(19)35-12-10-34(2)11-13-35/h3-9,15-16H,10-14H2,1-2H3,(H,31,32)/b8-6-,33-27+. The van der Waals surface area contributed by atoms with Gasteiger partial charge in [0.05, 0.1) is 16.9 Å². The number of hydrogen-bond acceptors (Lipinski definition) is 6. The molecule has 1 N–H and O–H groups in total. The zero-order chi connectivity index (χ0) is 24.1. The van der Waals surface area contributed by atoms with Crippen LogP contribution in [0, 0.1) is 11.6 Å². The van der Waals surface area contributed by atoms with E-state index < -0.39 is 11.6 Å². The number of benzene rings is 1. The molecular formula is C27H26F2N6. The molecule has 0 aliphatic carbocycles. The van der Waals surface area contributed by atoms with Gasteiger partial charge in [-0.3, -0.25) is 4.98 Å². The molecule has 1 atom stereocenters. The minimum atomic E-state index is -0.572. The van der Waals surface area contributed by atoms with Gasteiger partial charge >= 0.3 is 0 Å². The van der Waals surface area contributed by atoms with E-state index in [1.54, 1.807) is 12.3 Å². The van der Waals surface area contributed by atoms with Gasteiger partial charge in [0.1, 0.15) is 29.0 Å². The molecule has 0 spiro atoms. The predicted octanol–water partition coefficient (Wildman–Crippen LogP) is 4.69. The van der Waals surface area contributed by atoms with Gasteiger partial charge < -0.3 is 15.1 Å². The van der Waals surface area contributed by atoms with E-state index in [2.05, 4.69) is 34.1 Å². The number of anilines is 1. The zero-order valence-electron chi connectivity index (χ0n) is 19.7. The summed E-state index contributed by atoms with van der Waals surface area (Å²) in [5, 5.41) is 3.24. The smallest absolute Gasteiger partial charge is 0.150 e. The number of likely N-dealkylation sites (N-methyl/N-ethyl adjacent to an activating group) is 1. The van der Waals surface area contributed by atoms with E-state index in [0.717, 1.165) is 43.1 Å². The summed E-state index contributed by atoms with van der Waals surface area (Å²) >= 11 is 0. The number of aromatic nitrogens is 2. The maximum atomic E-state index is 15.7. The summed E-state index contributed by atoms with van der Waals surface area (Å²) in [4.78, 5) is 19.0. The topological polar surface area (TPSA) is 56.7 Å². The van der Waals surface area contributed by atoms with Crippen molar-refractivity contribution in [2.45, 2.75) is 19.3 Å². The number of hydrogen-bond donors (Lipinski definition) is 1. The van der Waals surface area contributed by atoms with Crippen molar-refractivity contribution in [2.75, 3.05) is 38.5 Å². The molecule has 6 nitrogen and oxygen atoms in total. The fourth-order valence-electron chi connectivity index (χ4n) is 5.04. The van der Waals surface area contributed by atoms with Crippen LogP contribution in [0.25, 0.3) is 11.3 Å². The second-order valence-corrected chi connectivity index (χ2v) is 9.39. The molecule has 6 heterocycles. The first kappa shape index (κ1) is 21.9. The van der Waals surface area contributed by atoms with Crippen molar-refractivity contribution in [1.82, 2.24) is 19.8 Å². The van der Waals surface area contributed by atoms with E-state index in [4.69, 9.17) is 9.98 Å². The van der Waals surface area contributed by atoms with Crippen LogP contribution in [-0.4, -0.2) is 58.8 Å². The second-order valence-electron chi connectivity index (χ2n) is 9.39. The van der Waals surface area contributed by atoms with Gasteiger partial charge in [-0.25, -0.2) is 18.8 Å². The molecule has 1 fully saturated rings. The number of rotatable bonds is 0. The Morgan fingerprint density at radius 1 is 1.03 bits per heavy atom. The van der Waals surface area contributed by atoms with Crippen LogP contribution >= 0.6 is 0 Å². The number of fused-ring (bicyclic) bond motifs is 1. The van der Waals surface area contributed by atoms with E-state index in [-0.39, 0.29) is 17.2 Å². The quantitative estimate of drug-likeness (QED) is 0.514. The maximum Gasteiger partial charge on any atom is 0.150 e. The van der Waals surface area contributed by atoms with Crippen LogP contribution in [0.2, 0.25) is 0 Å². The largest absolute Gasteiger partial charge is 0.353 e. The first-order valence-electron chi connectivity index (χ1n) is 11.9. The third kappa shape index (κ3) is 3.78. The summed E-state index contributed by atoms with van der Waals surface area (Å²) in [6.45, 7) is 5.32. The number of allylic oxidation sites excluding steroid dienone is 1. The number of nitrogens with one attached hydrogen (secondary N) is 1. The molecule has 178 valence electrons. The molecule has 4 aliphatic rings. The molecule has 3 aromatic rings. The molecule has 7 rings (SSSR count). The molecule has 0 amide bonds. The first-order valence-corrected chi connectivity index (χ1v) is 11.9. The fraction of sp³-hybridized carbons (Fsp3) is 0.296. The molecular weight excluding hydrogens is 446 g/mol. The minimum Gasteiger partial charge on any atom is -0.353 e. The Bertz CT molecular complexity index is 1370. The van der Waals surface area contributed by atoms with Crippen molar-refractivity contribution in [2.24, 2.45) is 4.99 Å². The van der Waals surface area contributed by atoms with Crippen molar-refractivity contribution in [1.29, 1.82) is 0 Å². The van der Waals surface area contributed by atoms with Crippen LogP contribution in [0.15, 0.2) is 53.8 Å². The molecule has 2 aromatic heterocycles. The Morgan fingerprint density at radius 2 is 1.86 bits per heavy atom. The molecule has 1 aromatic carbocycles. The summed E-state index contributed by atoms with van der Waals surface area (Å²) in [6, 6.07) is 8.21. The Hall–Kier alpha value is -3.65. The van der Waals surface area contributed by atoms with E-state index in [1.807, 2.05) is 24.4 Å². The van der Waals surface area contributed by atoms with Crippen LogP contribution in [-0.2, 0) is 6.42 Å². The van der Waals surface area contributed by atoms with Crippen LogP contribution < -0.4 is 5.32 Å². The monoisotopic (exact) mass is 472 g/mol. The van der Waals surface area contributed by atoms with Crippen LogP contribution in [0.3, 0.4) is 0 Å². The van der Waals surface area contributed by atoms with Crippen molar-refractivity contribution < 1.29 is 8.78 Å². The SMILES string of the molecule is CC1/C=C\Nc2nc3c(F)cc2/C(N2CCN(C)CC2)=N\c2c(ccnc21)Cc1cccc(F)c1-3. The number of halogens is 2. The van der Waals surface area contributed by atoms with Gasteiger partial charge in [-0.2, -0.15) is 0 Å². The number of piperazine rings is 1. The lowest BCUT2D eigenvalue weighted by Gasteiger charge is -2.35. The van der Waals surface area contributed by atoms with Crippen molar-refractivity contribution in [3.05, 3.63) is 82.8 Å². The highest BCUT2D eigenvalue weighted by molar-refractivity contribution is 6.05. The highest BCUT2D eigenvalue weighted by Crippen LogP contribution is 2.38. The Morgan fingerprint density at radius 3 is 2.69 bits per heavy atom. The molecule has 1 unspecified atom stereocenters.